The second-order valence-electron chi connectivity index (χ2n) is 4.31. The van der Waals surface area contributed by atoms with E-state index in [-0.39, 0.29) is 18.3 Å². The zero-order valence-electron chi connectivity index (χ0n) is 9.91. The number of ether oxygens (including phenoxy) is 1. The molecule has 17 heavy (non-hydrogen) atoms. The van der Waals surface area contributed by atoms with E-state index in [1.807, 2.05) is 13.8 Å². The van der Waals surface area contributed by atoms with Gasteiger partial charge in [-0.05, 0) is 23.6 Å². The van der Waals surface area contributed by atoms with Gasteiger partial charge in [0, 0.05) is 11.8 Å². The molecule has 0 saturated heterocycles. The number of benzene rings is 1. The summed E-state index contributed by atoms with van der Waals surface area (Å²) in [6.07, 6.45) is 0. The lowest BCUT2D eigenvalue weighted by Gasteiger charge is -2.14. The minimum atomic E-state index is -0.724. The fourth-order valence-corrected chi connectivity index (χ4v) is 1.50. The Hall–Kier alpha value is -0.810. The van der Waals surface area contributed by atoms with Crippen LogP contribution >= 0.6 is 12.6 Å². The summed E-state index contributed by atoms with van der Waals surface area (Å²) in [5.41, 5.74) is 6.04. The van der Waals surface area contributed by atoms with Crippen molar-refractivity contribution in [1.29, 1.82) is 0 Å². The van der Waals surface area contributed by atoms with Crippen molar-refractivity contribution in [2.75, 3.05) is 12.4 Å². The van der Waals surface area contributed by atoms with E-state index < -0.39 is 17.7 Å². The second-order valence-corrected chi connectivity index (χ2v) is 4.67. The van der Waals surface area contributed by atoms with Crippen LogP contribution in [0.5, 0.6) is 5.75 Å². The molecule has 96 valence electrons. The number of rotatable bonds is 5. The first-order valence-corrected chi connectivity index (χ1v) is 6.07. The topological polar surface area (TPSA) is 35.2 Å². The van der Waals surface area contributed by atoms with Crippen LogP contribution in [0.1, 0.15) is 25.5 Å². The first-order chi connectivity index (χ1) is 7.95. The van der Waals surface area contributed by atoms with Crippen LogP contribution in [-0.2, 0) is 0 Å². The number of thiol groups is 1. The number of hydrogen-bond donors (Lipinski definition) is 2. The van der Waals surface area contributed by atoms with Gasteiger partial charge >= 0.3 is 0 Å². The third-order valence-corrected chi connectivity index (χ3v) is 2.60. The van der Waals surface area contributed by atoms with Crippen LogP contribution < -0.4 is 10.5 Å². The molecule has 0 saturated carbocycles. The molecule has 0 spiro atoms. The monoisotopic (exact) mass is 261 g/mol. The van der Waals surface area contributed by atoms with E-state index in [1.54, 1.807) is 0 Å². The van der Waals surface area contributed by atoms with Crippen molar-refractivity contribution in [2.24, 2.45) is 11.7 Å². The van der Waals surface area contributed by atoms with Gasteiger partial charge < -0.3 is 10.5 Å². The van der Waals surface area contributed by atoms with E-state index in [4.69, 9.17) is 10.5 Å². The van der Waals surface area contributed by atoms with Gasteiger partial charge in [0.1, 0.15) is 0 Å². The van der Waals surface area contributed by atoms with Crippen LogP contribution in [0.3, 0.4) is 0 Å². The number of nitrogens with two attached hydrogens (primary N) is 1. The summed E-state index contributed by atoms with van der Waals surface area (Å²) in [4.78, 5) is 0. The molecule has 0 bridgehead atoms. The van der Waals surface area contributed by atoms with Crippen molar-refractivity contribution in [3.05, 3.63) is 29.3 Å². The van der Waals surface area contributed by atoms with Crippen molar-refractivity contribution < 1.29 is 13.5 Å². The van der Waals surface area contributed by atoms with Crippen LogP contribution in [0.2, 0.25) is 0 Å². The maximum atomic E-state index is 13.6. The van der Waals surface area contributed by atoms with Gasteiger partial charge in [0.15, 0.2) is 17.4 Å². The van der Waals surface area contributed by atoms with Crippen LogP contribution in [-0.4, -0.2) is 12.4 Å². The molecule has 1 rings (SSSR count). The summed E-state index contributed by atoms with van der Waals surface area (Å²) in [5.74, 6) is -1.26. The lowest BCUT2D eigenvalue weighted by molar-refractivity contribution is 0.247. The standard InChI is InChI=1S/C12H17F2NOS/c1-7(2)5-16-12-9(13)3-8(4-10(12)14)11(15)6-17/h3-4,7,11,17H,5-6,15H2,1-2H3. The predicted octanol–water partition coefficient (Wildman–Crippen LogP) is 2.93. The summed E-state index contributed by atoms with van der Waals surface area (Å²) in [6, 6.07) is 1.90. The summed E-state index contributed by atoms with van der Waals surface area (Å²) >= 11 is 3.99. The molecular weight excluding hydrogens is 244 g/mol. The zero-order chi connectivity index (χ0) is 13.0. The van der Waals surface area contributed by atoms with Gasteiger partial charge in [0.05, 0.1) is 6.61 Å². The Morgan fingerprint density at radius 3 is 2.24 bits per heavy atom. The molecular formula is C12H17F2NOS. The summed E-state index contributed by atoms with van der Waals surface area (Å²) in [6.45, 7) is 4.08. The molecule has 0 aliphatic rings. The first-order valence-electron chi connectivity index (χ1n) is 5.43. The molecule has 0 fully saturated rings. The maximum Gasteiger partial charge on any atom is 0.190 e. The fraction of sp³-hybridized carbons (Fsp3) is 0.500. The Labute approximate surface area is 106 Å². The number of halogens is 2. The smallest absolute Gasteiger partial charge is 0.190 e. The largest absolute Gasteiger partial charge is 0.487 e. The van der Waals surface area contributed by atoms with Crippen molar-refractivity contribution in [3.63, 3.8) is 0 Å². The highest BCUT2D eigenvalue weighted by Crippen LogP contribution is 2.26. The zero-order valence-corrected chi connectivity index (χ0v) is 10.8. The molecule has 2 N–H and O–H groups in total. The highest BCUT2D eigenvalue weighted by atomic mass is 32.1. The summed E-state index contributed by atoms with van der Waals surface area (Å²) in [5, 5.41) is 0. The van der Waals surface area contributed by atoms with Crippen LogP contribution in [0.25, 0.3) is 0 Å². The molecule has 0 aliphatic carbocycles. The average molecular weight is 261 g/mol. The molecule has 0 aromatic heterocycles. The Morgan fingerprint density at radius 2 is 1.82 bits per heavy atom. The minimum Gasteiger partial charge on any atom is -0.487 e. The van der Waals surface area contributed by atoms with Crippen molar-refractivity contribution in [1.82, 2.24) is 0 Å². The maximum absolute atomic E-state index is 13.6. The number of hydrogen-bond acceptors (Lipinski definition) is 3. The molecule has 1 aromatic rings. The quantitative estimate of drug-likeness (QED) is 0.799. The minimum absolute atomic E-state index is 0.202. The van der Waals surface area contributed by atoms with Gasteiger partial charge in [-0.3, -0.25) is 0 Å². The predicted molar refractivity (Wildman–Crippen MR) is 67.5 cm³/mol. The Bertz CT molecular complexity index is 362. The van der Waals surface area contributed by atoms with Crippen LogP contribution in [0, 0.1) is 17.6 Å². The molecule has 0 aliphatic heterocycles. The molecule has 1 unspecified atom stereocenters. The normalized spacial score (nSPS) is 12.9. The highest BCUT2D eigenvalue weighted by molar-refractivity contribution is 7.80. The third kappa shape index (κ3) is 3.85. The van der Waals surface area contributed by atoms with E-state index in [2.05, 4.69) is 12.6 Å². The van der Waals surface area contributed by atoms with Gasteiger partial charge in [-0.2, -0.15) is 12.6 Å². The molecule has 5 heteroatoms. The van der Waals surface area contributed by atoms with E-state index in [0.717, 1.165) is 0 Å². The lowest BCUT2D eigenvalue weighted by Crippen LogP contribution is -2.13. The van der Waals surface area contributed by atoms with Crippen LogP contribution in [0.15, 0.2) is 12.1 Å². The highest BCUT2D eigenvalue weighted by Gasteiger charge is 2.15. The molecule has 2 nitrogen and oxygen atoms in total. The Kier molecular flexibility index (Phi) is 5.21. The SMILES string of the molecule is CC(C)COc1c(F)cc(C(N)CS)cc1F. The second kappa shape index (κ2) is 6.21. The molecule has 0 amide bonds. The fourth-order valence-electron chi connectivity index (χ4n) is 1.29. The van der Waals surface area contributed by atoms with E-state index in [1.165, 1.54) is 12.1 Å². The van der Waals surface area contributed by atoms with Gasteiger partial charge in [-0.1, -0.05) is 13.8 Å². The van der Waals surface area contributed by atoms with E-state index in [9.17, 15) is 8.78 Å². The van der Waals surface area contributed by atoms with Gasteiger partial charge in [0.2, 0.25) is 0 Å². The van der Waals surface area contributed by atoms with Crippen molar-refractivity contribution in [3.8, 4) is 5.75 Å². The van der Waals surface area contributed by atoms with Gasteiger partial charge in [-0.25, -0.2) is 8.78 Å². The summed E-state index contributed by atoms with van der Waals surface area (Å²) in [7, 11) is 0. The third-order valence-electron chi connectivity index (χ3n) is 2.21. The molecule has 1 aromatic carbocycles. The molecule has 0 heterocycles. The van der Waals surface area contributed by atoms with E-state index in [0.29, 0.717) is 11.3 Å². The summed E-state index contributed by atoms with van der Waals surface area (Å²) < 4.78 is 32.3. The molecule has 0 radical (unpaired) electrons. The van der Waals surface area contributed by atoms with Crippen LogP contribution in [0.4, 0.5) is 8.78 Å². The van der Waals surface area contributed by atoms with Gasteiger partial charge in [0.25, 0.3) is 0 Å². The van der Waals surface area contributed by atoms with Crippen molar-refractivity contribution >= 4 is 12.6 Å². The Morgan fingerprint density at radius 1 is 1.29 bits per heavy atom. The first kappa shape index (κ1) is 14.3. The lowest BCUT2D eigenvalue weighted by atomic mass is 10.1. The Balaban J connectivity index is 2.94. The van der Waals surface area contributed by atoms with Crippen molar-refractivity contribution in [2.45, 2.75) is 19.9 Å². The average Bonchev–Trinajstić information content (AvgIpc) is 2.26. The molecule has 1 atom stereocenters. The van der Waals surface area contributed by atoms with Gasteiger partial charge in [-0.15, -0.1) is 0 Å². The van der Waals surface area contributed by atoms with E-state index >= 15 is 0 Å².